The number of morpholine rings is 1. The molecular formula is C21H23ClN2O5S. The lowest BCUT2D eigenvalue weighted by molar-refractivity contribution is -0.116. The van der Waals surface area contributed by atoms with Crippen LogP contribution in [0.25, 0.3) is 6.08 Å². The van der Waals surface area contributed by atoms with Crippen molar-refractivity contribution < 1.29 is 22.7 Å². The summed E-state index contributed by atoms with van der Waals surface area (Å²) in [6.45, 7) is 1.65. The summed E-state index contributed by atoms with van der Waals surface area (Å²) in [5.74, 6) is -0.0378. The number of sulfonamides is 1. The van der Waals surface area contributed by atoms with Crippen molar-refractivity contribution in [1.29, 1.82) is 0 Å². The normalized spacial score (nSPS) is 15.3. The van der Waals surface area contributed by atoms with Crippen LogP contribution in [-0.2, 0) is 26.1 Å². The van der Waals surface area contributed by atoms with E-state index >= 15 is 0 Å². The third-order valence-electron chi connectivity index (χ3n) is 4.58. The summed E-state index contributed by atoms with van der Waals surface area (Å²) >= 11 is 5.85. The van der Waals surface area contributed by atoms with E-state index in [0.29, 0.717) is 43.4 Å². The maximum atomic E-state index is 13.0. The van der Waals surface area contributed by atoms with Gasteiger partial charge in [-0.05, 0) is 41.5 Å². The fraction of sp³-hybridized carbons (Fsp3) is 0.286. The Kier molecular flexibility index (Phi) is 7.49. The number of nitrogens with one attached hydrogen (secondary N) is 1. The van der Waals surface area contributed by atoms with Crippen molar-refractivity contribution in [2.75, 3.05) is 33.4 Å². The summed E-state index contributed by atoms with van der Waals surface area (Å²) in [5.41, 5.74) is 1.49. The molecule has 1 aliphatic rings. The number of rotatable bonds is 7. The fourth-order valence-corrected chi connectivity index (χ4v) is 4.67. The van der Waals surface area contributed by atoms with Crippen molar-refractivity contribution in [1.82, 2.24) is 9.62 Å². The number of amides is 1. The van der Waals surface area contributed by atoms with Gasteiger partial charge in [0.1, 0.15) is 10.6 Å². The lowest BCUT2D eigenvalue weighted by Crippen LogP contribution is -2.40. The van der Waals surface area contributed by atoms with Gasteiger partial charge in [0.05, 0.1) is 20.3 Å². The van der Waals surface area contributed by atoms with E-state index in [1.165, 1.54) is 23.6 Å². The van der Waals surface area contributed by atoms with Crippen LogP contribution in [0.4, 0.5) is 0 Å². The van der Waals surface area contributed by atoms with E-state index in [0.717, 1.165) is 5.56 Å². The van der Waals surface area contributed by atoms with Crippen molar-refractivity contribution in [3.8, 4) is 5.75 Å². The number of ether oxygens (including phenoxy) is 2. The van der Waals surface area contributed by atoms with Crippen LogP contribution in [0.1, 0.15) is 11.1 Å². The van der Waals surface area contributed by atoms with Crippen LogP contribution in [0.2, 0.25) is 5.02 Å². The summed E-state index contributed by atoms with van der Waals surface area (Å²) in [6, 6.07) is 12.0. The summed E-state index contributed by atoms with van der Waals surface area (Å²) < 4.78 is 37.9. The fourth-order valence-electron chi connectivity index (χ4n) is 2.95. The minimum atomic E-state index is -3.73. The van der Waals surface area contributed by atoms with Crippen molar-refractivity contribution in [3.63, 3.8) is 0 Å². The van der Waals surface area contributed by atoms with Crippen molar-refractivity contribution in [3.05, 3.63) is 64.7 Å². The average Bonchev–Trinajstić information content (AvgIpc) is 2.77. The Hall–Kier alpha value is -2.39. The van der Waals surface area contributed by atoms with Crippen LogP contribution in [0, 0.1) is 0 Å². The first kappa shape index (κ1) is 22.3. The highest BCUT2D eigenvalue weighted by molar-refractivity contribution is 7.89. The van der Waals surface area contributed by atoms with Gasteiger partial charge in [0.15, 0.2) is 0 Å². The van der Waals surface area contributed by atoms with E-state index in [9.17, 15) is 13.2 Å². The molecule has 1 aliphatic heterocycles. The second-order valence-corrected chi connectivity index (χ2v) is 8.95. The number of benzene rings is 2. The second kappa shape index (κ2) is 10.1. The van der Waals surface area contributed by atoms with E-state index < -0.39 is 10.0 Å². The van der Waals surface area contributed by atoms with Gasteiger partial charge in [0, 0.05) is 30.7 Å². The molecular weight excluding hydrogens is 428 g/mol. The molecule has 0 aromatic heterocycles. The Labute approximate surface area is 181 Å². The zero-order chi connectivity index (χ0) is 21.6. The minimum Gasteiger partial charge on any atom is -0.495 e. The van der Waals surface area contributed by atoms with E-state index in [4.69, 9.17) is 21.1 Å². The molecule has 0 unspecified atom stereocenters. The molecule has 2 aromatic rings. The maximum absolute atomic E-state index is 13.0. The molecule has 0 bridgehead atoms. The van der Waals surface area contributed by atoms with Crippen molar-refractivity contribution in [2.24, 2.45) is 0 Å². The summed E-state index contributed by atoms with van der Waals surface area (Å²) in [5, 5.41) is 3.41. The van der Waals surface area contributed by atoms with Gasteiger partial charge in [-0.2, -0.15) is 4.31 Å². The first-order valence-electron chi connectivity index (χ1n) is 9.36. The first-order chi connectivity index (χ1) is 14.4. The Bertz CT molecular complexity index is 1020. The highest BCUT2D eigenvalue weighted by Crippen LogP contribution is 2.28. The van der Waals surface area contributed by atoms with Gasteiger partial charge in [-0.1, -0.05) is 29.8 Å². The molecule has 1 saturated heterocycles. The number of hydrogen-bond donors (Lipinski definition) is 1. The van der Waals surface area contributed by atoms with Crippen LogP contribution < -0.4 is 10.1 Å². The van der Waals surface area contributed by atoms with Gasteiger partial charge in [-0.25, -0.2) is 8.42 Å². The molecule has 0 saturated carbocycles. The van der Waals surface area contributed by atoms with Gasteiger partial charge < -0.3 is 14.8 Å². The quantitative estimate of drug-likeness (QED) is 0.655. The average molecular weight is 451 g/mol. The Morgan fingerprint density at radius 1 is 1.20 bits per heavy atom. The van der Waals surface area contributed by atoms with Gasteiger partial charge in [0.2, 0.25) is 15.9 Å². The first-order valence-corrected chi connectivity index (χ1v) is 11.2. The molecule has 0 radical (unpaired) electrons. The number of halogens is 1. The second-order valence-electron chi connectivity index (χ2n) is 6.60. The monoisotopic (exact) mass is 450 g/mol. The smallest absolute Gasteiger partial charge is 0.246 e. The van der Waals surface area contributed by atoms with Crippen LogP contribution >= 0.6 is 11.6 Å². The molecule has 1 amide bonds. The summed E-state index contributed by atoms with van der Waals surface area (Å²) in [4.78, 5) is 12.2. The van der Waals surface area contributed by atoms with Crippen molar-refractivity contribution in [2.45, 2.75) is 11.4 Å². The third-order valence-corrected chi connectivity index (χ3v) is 6.75. The molecule has 9 heteroatoms. The Balaban J connectivity index is 1.72. The molecule has 7 nitrogen and oxygen atoms in total. The SMILES string of the molecule is COc1ccc(C=CC(=O)NCc2ccc(Cl)cc2)cc1S(=O)(=O)N1CCOCC1. The highest BCUT2D eigenvalue weighted by Gasteiger charge is 2.29. The van der Waals surface area contributed by atoms with Gasteiger partial charge >= 0.3 is 0 Å². The van der Waals surface area contributed by atoms with Crippen LogP contribution in [0.15, 0.2) is 53.4 Å². The van der Waals surface area contributed by atoms with Gasteiger partial charge in [-0.15, -0.1) is 0 Å². The predicted molar refractivity (Wildman–Crippen MR) is 115 cm³/mol. The van der Waals surface area contributed by atoms with Crippen molar-refractivity contribution >= 4 is 33.6 Å². The zero-order valence-electron chi connectivity index (χ0n) is 16.5. The lowest BCUT2D eigenvalue weighted by atomic mass is 10.2. The molecule has 0 atom stereocenters. The molecule has 3 rings (SSSR count). The number of nitrogens with zero attached hydrogens (tertiary/aromatic N) is 1. The maximum Gasteiger partial charge on any atom is 0.246 e. The molecule has 30 heavy (non-hydrogen) atoms. The van der Waals surface area contributed by atoms with E-state index in [2.05, 4.69) is 5.32 Å². The van der Waals surface area contributed by atoms with Gasteiger partial charge in [0.25, 0.3) is 0 Å². The largest absolute Gasteiger partial charge is 0.495 e. The third kappa shape index (κ3) is 5.60. The van der Waals surface area contributed by atoms with E-state index in [1.807, 2.05) is 12.1 Å². The van der Waals surface area contributed by atoms with E-state index in [1.54, 1.807) is 30.3 Å². The Morgan fingerprint density at radius 2 is 1.90 bits per heavy atom. The number of carbonyl (C=O) groups excluding carboxylic acids is 1. The molecule has 0 aliphatic carbocycles. The topological polar surface area (TPSA) is 84.9 Å². The molecule has 0 spiro atoms. The van der Waals surface area contributed by atoms with Crippen LogP contribution in [0.5, 0.6) is 5.75 Å². The van der Waals surface area contributed by atoms with Crippen LogP contribution in [0.3, 0.4) is 0 Å². The summed E-state index contributed by atoms with van der Waals surface area (Å²) in [6.07, 6.45) is 2.93. The molecule has 1 fully saturated rings. The highest BCUT2D eigenvalue weighted by atomic mass is 35.5. The standard InChI is InChI=1S/C21H23ClN2O5S/c1-28-19-8-4-16(14-20(19)30(26,27)24-10-12-29-13-11-24)5-9-21(25)23-15-17-2-6-18(22)7-3-17/h2-9,14H,10-13,15H2,1H3,(H,23,25). The zero-order valence-corrected chi connectivity index (χ0v) is 18.1. The number of hydrogen-bond acceptors (Lipinski definition) is 5. The van der Waals surface area contributed by atoms with E-state index in [-0.39, 0.29) is 16.6 Å². The predicted octanol–water partition coefficient (Wildman–Crippen LogP) is 2.70. The molecule has 160 valence electrons. The summed E-state index contributed by atoms with van der Waals surface area (Å²) in [7, 11) is -2.31. The minimum absolute atomic E-state index is 0.0654. The number of carbonyl (C=O) groups is 1. The lowest BCUT2D eigenvalue weighted by Gasteiger charge is -2.26. The van der Waals surface area contributed by atoms with Crippen LogP contribution in [-0.4, -0.2) is 52.0 Å². The van der Waals surface area contributed by atoms with Gasteiger partial charge in [-0.3, -0.25) is 4.79 Å². The Morgan fingerprint density at radius 3 is 2.57 bits per heavy atom. The molecule has 2 aromatic carbocycles. The number of methoxy groups -OCH3 is 1. The molecule has 1 heterocycles. The molecule has 1 N–H and O–H groups in total.